The van der Waals surface area contributed by atoms with Gasteiger partial charge in [0, 0.05) is 43.8 Å². The number of nitrogens with zero attached hydrogens (tertiary/aromatic N) is 4. The number of sulfone groups is 1. The number of hydrogen-bond donors (Lipinski definition) is 1. The van der Waals surface area contributed by atoms with Gasteiger partial charge in [-0.2, -0.15) is 0 Å². The summed E-state index contributed by atoms with van der Waals surface area (Å²) in [7, 11) is -3.21. The lowest BCUT2D eigenvalue weighted by Gasteiger charge is -2.41. The number of hydrogen-bond acceptors (Lipinski definition) is 7. The molecule has 0 aliphatic carbocycles. The number of carboxylic acid groups (broad SMARTS) is 1. The second-order valence-corrected chi connectivity index (χ2v) is 8.32. The van der Waals surface area contributed by atoms with E-state index in [0.717, 1.165) is 5.69 Å². The van der Waals surface area contributed by atoms with Crippen molar-refractivity contribution in [2.24, 2.45) is 0 Å². The van der Waals surface area contributed by atoms with Crippen LogP contribution in [0.2, 0.25) is 0 Å². The Labute approximate surface area is 152 Å². The molecule has 2 aromatic rings. The van der Waals surface area contributed by atoms with Gasteiger partial charge in [-0.05, 0) is 37.3 Å². The van der Waals surface area contributed by atoms with Crippen LogP contribution in [0.3, 0.4) is 0 Å². The Kier molecular flexibility index (Phi) is 4.82. The van der Waals surface area contributed by atoms with Gasteiger partial charge in [-0.15, -0.1) is 0 Å². The first-order chi connectivity index (χ1) is 12.3. The van der Waals surface area contributed by atoms with Gasteiger partial charge < -0.3 is 14.9 Å². The first-order valence-electron chi connectivity index (χ1n) is 8.14. The average molecular weight is 376 g/mol. The molecule has 0 unspecified atom stereocenters. The molecule has 3 rings (SSSR count). The number of anilines is 2. The lowest BCUT2D eigenvalue weighted by Crippen LogP contribution is -2.52. The predicted molar refractivity (Wildman–Crippen MR) is 97.6 cm³/mol. The summed E-state index contributed by atoms with van der Waals surface area (Å²) < 4.78 is 23.1. The quantitative estimate of drug-likeness (QED) is 0.851. The highest BCUT2D eigenvalue weighted by Gasteiger charge is 2.26. The zero-order chi connectivity index (χ0) is 18.9. The first-order valence-corrected chi connectivity index (χ1v) is 10.0. The second-order valence-electron chi connectivity index (χ2n) is 6.30. The Balaban J connectivity index is 1.74. The van der Waals surface area contributed by atoms with E-state index in [1.54, 1.807) is 24.3 Å². The normalized spacial score (nSPS) is 18.0. The minimum Gasteiger partial charge on any atom is -0.477 e. The molecular weight excluding hydrogens is 356 g/mol. The molecule has 8 nitrogen and oxygen atoms in total. The number of aromatic carboxylic acids is 1. The fourth-order valence-electron chi connectivity index (χ4n) is 3.00. The predicted octanol–water partition coefficient (Wildman–Crippen LogP) is 1.29. The summed E-state index contributed by atoms with van der Waals surface area (Å²) >= 11 is 0. The highest BCUT2D eigenvalue weighted by Crippen LogP contribution is 2.23. The fourth-order valence-corrected chi connectivity index (χ4v) is 3.63. The first kappa shape index (κ1) is 18.1. The van der Waals surface area contributed by atoms with Gasteiger partial charge in [0.25, 0.3) is 0 Å². The lowest BCUT2D eigenvalue weighted by atomic mass is 10.1. The SMILES string of the molecule is C[C@@H]1CN(c2ccc(S(C)(=O)=O)cc2)CCN1c1nccc(C(=O)O)n1. The molecule has 0 radical (unpaired) electrons. The Hall–Kier alpha value is -2.68. The van der Waals surface area contributed by atoms with E-state index in [1.165, 1.54) is 18.5 Å². The Bertz CT molecular complexity index is 915. The van der Waals surface area contributed by atoms with E-state index in [2.05, 4.69) is 14.9 Å². The van der Waals surface area contributed by atoms with Gasteiger partial charge in [0.1, 0.15) is 0 Å². The minimum atomic E-state index is -3.21. The number of carboxylic acids is 1. The van der Waals surface area contributed by atoms with Crippen LogP contribution in [0.1, 0.15) is 17.4 Å². The van der Waals surface area contributed by atoms with Gasteiger partial charge in [-0.3, -0.25) is 0 Å². The average Bonchev–Trinajstić information content (AvgIpc) is 2.61. The fraction of sp³-hybridized carbons (Fsp3) is 0.353. The van der Waals surface area contributed by atoms with Crippen molar-refractivity contribution in [3.05, 3.63) is 42.2 Å². The Morgan fingerprint density at radius 2 is 1.88 bits per heavy atom. The summed E-state index contributed by atoms with van der Waals surface area (Å²) in [6.45, 7) is 4.05. The molecule has 2 heterocycles. The molecule has 1 aliphatic rings. The Morgan fingerprint density at radius 3 is 2.46 bits per heavy atom. The molecule has 26 heavy (non-hydrogen) atoms. The summed E-state index contributed by atoms with van der Waals surface area (Å²) in [6, 6.07) is 8.28. The summed E-state index contributed by atoms with van der Waals surface area (Å²) in [4.78, 5) is 23.8. The van der Waals surface area contributed by atoms with Gasteiger partial charge in [-0.1, -0.05) is 0 Å². The zero-order valence-electron chi connectivity index (χ0n) is 14.5. The number of aromatic nitrogens is 2. The molecule has 1 N–H and O–H groups in total. The van der Waals surface area contributed by atoms with Crippen LogP contribution in [0.25, 0.3) is 0 Å². The molecule has 138 valence electrons. The summed E-state index contributed by atoms with van der Waals surface area (Å²) in [5.74, 6) is -0.671. The van der Waals surface area contributed by atoms with Crippen LogP contribution in [0.4, 0.5) is 11.6 Å². The molecule has 9 heteroatoms. The molecule has 1 aromatic heterocycles. The van der Waals surface area contributed by atoms with Gasteiger partial charge in [0.2, 0.25) is 5.95 Å². The van der Waals surface area contributed by atoms with E-state index in [-0.39, 0.29) is 11.7 Å². The molecule has 0 saturated carbocycles. The maximum atomic E-state index is 11.6. The third kappa shape index (κ3) is 3.77. The standard InChI is InChI=1S/C17H20N4O4S/c1-12-11-20(13-3-5-14(6-4-13)26(2,24)25)9-10-21(12)17-18-8-7-15(19-17)16(22)23/h3-8,12H,9-11H2,1-2H3,(H,22,23)/t12-/m1/s1. The van der Waals surface area contributed by atoms with Crippen molar-refractivity contribution in [1.29, 1.82) is 0 Å². The van der Waals surface area contributed by atoms with Crippen molar-refractivity contribution < 1.29 is 18.3 Å². The third-order valence-corrected chi connectivity index (χ3v) is 5.50. The molecule has 0 amide bonds. The topological polar surface area (TPSA) is 104 Å². The van der Waals surface area contributed by atoms with Crippen molar-refractivity contribution >= 4 is 27.4 Å². The molecule has 0 spiro atoms. The minimum absolute atomic E-state index is 0.0269. The van der Waals surface area contributed by atoms with Crippen LogP contribution >= 0.6 is 0 Å². The summed E-state index contributed by atoms with van der Waals surface area (Å²) in [5.41, 5.74) is 0.921. The monoisotopic (exact) mass is 376 g/mol. The van der Waals surface area contributed by atoms with E-state index in [1.807, 2.05) is 11.8 Å². The second kappa shape index (κ2) is 6.91. The van der Waals surface area contributed by atoms with Crippen molar-refractivity contribution in [3.63, 3.8) is 0 Å². The van der Waals surface area contributed by atoms with Crippen molar-refractivity contribution in [2.45, 2.75) is 17.9 Å². The van der Waals surface area contributed by atoms with Crippen LogP contribution in [0.15, 0.2) is 41.4 Å². The van der Waals surface area contributed by atoms with Crippen LogP contribution in [0.5, 0.6) is 0 Å². The van der Waals surface area contributed by atoms with E-state index in [4.69, 9.17) is 5.11 Å². The lowest BCUT2D eigenvalue weighted by molar-refractivity contribution is 0.0690. The van der Waals surface area contributed by atoms with Gasteiger partial charge in [0.05, 0.1) is 4.90 Å². The zero-order valence-corrected chi connectivity index (χ0v) is 15.3. The molecule has 1 aromatic carbocycles. The number of carbonyl (C=O) groups is 1. The largest absolute Gasteiger partial charge is 0.477 e. The van der Waals surface area contributed by atoms with Crippen molar-refractivity contribution in [1.82, 2.24) is 9.97 Å². The number of piperazine rings is 1. The molecule has 0 bridgehead atoms. The van der Waals surface area contributed by atoms with E-state index >= 15 is 0 Å². The van der Waals surface area contributed by atoms with Gasteiger partial charge >= 0.3 is 5.97 Å². The number of benzene rings is 1. The maximum Gasteiger partial charge on any atom is 0.354 e. The van der Waals surface area contributed by atoms with Crippen LogP contribution in [-0.4, -0.2) is 61.4 Å². The molecular formula is C17H20N4O4S. The number of rotatable bonds is 4. The molecule has 1 aliphatic heterocycles. The van der Waals surface area contributed by atoms with E-state index in [9.17, 15) is 13.2 Å². The summed E-state index contributed by atoms with van der Waals surface area (Å²) in [5, 5.41) is 9.08. The highest BCUT2D eigenvalue weighted by molar-refractivity contribution is 7.90. The Morgan fingerprint density at radius 1 is 1.19 bits per heavy atom. The smallest absolute Gasteiger partial charge is 0.354 e. The van der Waals surface area contributed by atoms with Crippen LogP contribution < -0.4 is 9.80 Å². The van der Waals surface area contributed by atoms with Crippen molar-refractivity contribution in [3.8, 4) is 0 Å². The van der Waals surface area contributed by atoms with Gasteiger partial charge in [-0.25, -0.2) is 23.2 Å². The summed E-state index contributed by atoms with van der Waals surface area (Å²) in [6.07, 6.45) is 2.64. The van der Waals surface area contributed by atoms with Crippen LogP contribution in [-0.2, 0) is 9.84 Å². The highest BCUT2D eigenvalue weighted by atomic mass is 32.2. The molecule has 1 atom stereocenters. The van der Waals surface area contributed by atoms with Crippen LogP contribution in [0, 0.1) is 0 Å². The molecule has 1 saturated heterocycles. The van der Waals surface area contributed by atoms with Crippen molar-refractivity contribution in [2.75, 3.05) is 35.7 Å². The van der Waals surface area contributed by atoms with E-state index in [0.29, 0.717) is 30.5 Å². The van der Waals surface area contributed by atoms with E-state index < -0.39 is 15.8 Å². The van der Waals surface area contributed by atoms with Gasteiger partial charge in [0.15, 0.2) is 15.5 Å². The molecule has 1 fully saturated rings. The third-order valence-electron chi connectivity index (χ3n) is 4.38. The maximum absolute atomic E-state index is 11.6.